The molecule has 1 rings (SSSR count). The van der Waals surface area contributed by atoms with Gasteiger partial charge in [-0.2, -0.15) is 0 Å². The molecule has 0 fully saturated rings. The Labute approximate surface area is 119 Å². The molecule has 0 aliphatic carbocycles. The highest BCUT2D eigenvalue weighted by molar-refractivity contribution is 6.19. The molecule has 0 radical (unpaired) electrons. The highest BCUT2D eigenvalue weighted by Crippen LogP contribution is 2.27. The molecule has 0 spiro atoms. The number of benzene rings is 1. The Kier molecular flexibility index (Phi) is 5.24. The van der Waals surface area contributed by atoms with Gasteiger partial charge in [-0.15, -0.1) is 0 Å². The van der Waals surface area contributed by atoms with Gasteiger partial charge in [0, 0.05) is 0 Å². The van der Waals surface area contributed by atoms with Gasteiger partial charge in [0.1, 0.15) is 5.75 Å². The SMILES string of the molecule is Cc1ccc(C)c(OC(Cl)CCC(C)(C)C(=O)O)c1. The second-order valence-corrected chi connectivity index (χ2v) is 6.01. The number of hydrogen-bond acceptors (Lipinski definition) is 2. The van der Waals surface area contributed by atoms with E-state index >= 15 is 0 Å². The van der Waals surface area contributed by atoms with Crippen LogP contribution >= 0.6 is 11.6 Å². The van der Waals surface area contributed by atoms with Crippen molar-refractivity contribution in [2.24, 2.45) is 5.41 Å². The van der Waals surface area contributed by atoms with Crippen molar-refractivity contribution in [3.05, 3.63) is 29.3 Å². The lowest BCUT2D eigenvalue weighted by Gasteiger charge is -2.21. The van der Waals surface area contributed by atoms with Gasteiger partial charge in [-0.3, -0.25) is 4.79 Å². The van der Waals surface area contributed by atoms with Crippen molar-refractivity contribution in [2.75, 3.05) is 0 Å². The molecule has 0 aliphatic rings. The van der Waals surface area contributed by atoms with E-state index in [1.807, 2.05) is 32.0 Å². The number of alkyl halides is 1. The van der Waals surface area contributed by atoms with Crippen molar-refractivity contribution in [1.29, 1.82) is 0 Å². The molecule has 1 aromatic carbocycles. The van der Waals surface area contributed by atoms with Crippen molar-refractivity contribution in [2.45, 2.75) is 46.1 Å². The fourth-order valence-corrected chi connectivity index (χ4v) is 1.82. The van der Waals surface area contributed by atoms with E-state index in [2.05, 4.69) is 0 Å². The van der Waals surface area contributed by atoms with E-state index in [4.69, 9.17) is 21.4 Å². The zero-order valence-electron chi connectivity index (χ0n) is 11.9. The lowest BCUT2D eigenvalue weighted by atomic mass is 9.88. The molecule has 106 valence electrons. The third-order valence-electron chi connectivity index (χ3n) is 3.17. The zero-order chi connectivity index (χ0) is 14.6. The van der Waals surface area contributed by atoms with Crippen LogP contribution in [0.15, 0.2) is 18.2 Å². The molecule has 0 bridgehead atoms. The minimum Gasteiger partial charge on any atom is -0.481 e. The third kappa shape index (κ3) is 4.75. The fraction of sp³-hybridized carbons (Fsp3) is 0.533. The van der Waals surface area contributed by atoms with Gasteiger partial charge in [0.15, 0.2) is 5.56 Å². The smallest absolute Gasteiger partial charge is 0.309 e. The predicted octanol–water partition coefficient (Wildman–Crippen LogP) is 4.14. The summed E-state index contributed by atoms with van der Waals surface area (Å²) in [7, 11) is 0. The quantitative estimate of drug-likeness (QED) is 0.799. The van der Waals surface area contributed by atoms with Crippen LogP contribution in [0.25, 0.3) is 0 Å². The first-order chi connectivity index (χ1) is 8.72. The summed E-state index contributed by atoms with van der Waals surface area (Å²) in [5, 5.41) is 9.04. The maximum absolute atomic E-state index is 11.0. The van der Waals surface area contributed by atoms with Crippen molar-refractivity contribution in [3.63, 3.8) is 0 Å². The number of carbonyl (C=O) groups is 1. The van der Waals surface area contributed by atoms with E-state index in [1.165, 1.54) is 0 Å². The number of halogens is 1. The molecule has 1 unspecified atom stereocenters. The maximum Gasteiger partial charge on any atom is 0.309 e. The summed E-state index contributed by atoms with van der Waals surface area (Å²) in [6, 6.07) is 5.93. The monoisotopic (exact) mass is 284 g/mol. The molecule has 0 aliphatic heterocycles. The molecule has 1 aromatic rings. The van der Waals surface area contributed by atoms with E-state index in [1.54, 1.807) is 13.8 Å². The van der Waals surface area contributed by atoms with Crippen molar-refractivity contribution in [1.82, 2.24) is 0 Å². The van der Waals surface area contributed by atoms with Gasteiger partial charge >= 0.3 is 5.97 Å². The van der Waals surface area contributed by atoms with Gasteiger partial charge in [-0.1, -0.05) is 23.7 Å². The number of aryl methyl sites for hydroxylation is 2. The number of ether oxygens (including phenoxy) is 1. The Balaban J connectivity index is 2.58. The molecule has 19 heavy (non-hydrogen) atoms. The Morgan fingerprint density at radius 3 is 2.63 bits per heavy atom. The van der Waals surface area contributed by atoms with Crippen molar-refractivity contribution in [3.8, 4) is 5.75 Å². The maximum atomic E-state index is 11.0. The Morgan fingerprint density at radius 1 is 1.42 bits per heavy atom. The fourth-order valence-electron chi connectivity index (χ4n) is 1.61. The number of carboxylic acids is 1. The zero-order valence-corrected chi connectivity index (χ0v) is 12.6. The van der Waals surface area contributed by atoms with E-state index in [9.17, 15) is 4.79 Å². The summed E-state index contributed by atoms with van der Waals surface area (Å²) < 4.78 is 5.67. The second kappa shape index (κ2) is 6.29. The molecule has 0 amide bonds. The van der Waals surface area contributed by atoms with Crippen LogP contribution in [0.4, 0.5) is 0 Å². The first-order valence-corrected chi connectivity index (χ1v) is 6.77. The first kappa shape index (κ1) is 15.8. The standard InChI is InChI=1S/C15H21ClO3/c1-10-5-6-11(2)12(9-10)19-13(16)7-8-15(3,4)14(17)18/h5-6,9,13H,7-8H2,1-4H3,(H,17,18). The van der Waals surface area contributed by atoms with Crippen LogP contribution in [0.2, 0.25) is 0 Å². The lowest BCUT2D eigenvalue weighted by Crippen LogP contribution is -2.25. The topological polar surface area (TPSA) is 46.5 Å². The van der Waals surface area contributed by atoms with Crippen molar-refractivity contribution < 1.29 is 14.6 Å². The molecule has 1 atom stereocenters. The van der Waals surface area contributed by atoms with E-state index in [0.29, 0.717) is 12.8 Å². The van der Waals surface area contributed by atoms with E-state index in [-0.39, 0.29) is 0 Å². The summed E-state index contributed by atoms with van der Waals surface area (Å²) in [6.45, 7) is 7.33. The average molecular weight is 285 g/mol. The normalized spacial score (nSPS) is 13.1. The van der Waals surface area contributed by atoms with Crippen LogP contribution in [0.1, 0.15) is 37.8 Å². The van der Waals surface area contributed by atoms with Gasteiger partial charge in [0.05, 0.1) is 5.41 Å². The predicted molar refractivity (Wildman–Crippen MR) is 76.8 cm³/mol. The second-order valence-electron chi connectivity index (χ2n) is 5.52. The summed E-state index contributed by atoms with van der Waals surface area (Å²) in [6.07, 6.45) is 0.968. The molecule has 1 N–H and O–H groups in total. The highest BCUT2D eigenvalue weighted by atomic mass is 35.5. The lowest BCUT2D eigenvalue weighted by molar-refractivity contribution is -0.147. The van der Waals surface area contributed by atoms with Gasteiger partial charge in [-0.25, -0.2) is 0 Å². The summed E-state index contributed by atoms with van der Waals surface area (Å²) >= 11 is 6.14. The molecule has 0 aromatic heterocycles. The summed E-state index contributed by atoms with van der Waals surface area (Å²) in [5.41, 5.74) is 0.834. The first-order valence-electron chi connectivity index (χ1n) is 6.34. The summed E-state index contributed by atoms with van der Waals surface area (Å²) in [5.74, 6) is -0.0590. The number of aliphatic carboxylic acids is 1. The van der Waals surface area contributed by atoms with Crippen LogP contribution in [0.3, 0.4) is 0 Å². The van der Waals surface area contributed by atoms with Crippen LogP contribution in [-0.4, -0.2) is 16.6 Å². The molecule has 0 saturated carbocycles. The number of rotatable bonds is 6. The van der Waals surface area contributed by atoms with E-state index in [0.717, 1.165) is 16.9 Å². The largest absolute Gasteiger partial charge is 0.481 e. The number of carboxylic acid groups (broad SMARTS) is 1. The molecular weight excluding hydrogens is 264 g/mol. The van der Waals surface area contributed by atoms with Crippen LogP contribution < -0.4 is 4.74 Å². The van der Waals surface area contributed by atoms with Gasteiger partial charge in [0.25, 0.3) is 0 Å². The molecular formula is C15H21ClO3. The van der Waals surface area contributed by atoms with E-state index < -0.39 is 16.9 Å². The van der Waals surface area contributed by atoms with Gasteiger partial charge in [-0.05, 0) is 57.7 Å². The molecule has 0 saturated heterocycles. The highest BCUT2D eigenvalue weighted by Gasteiger charge is 2.28. The van der Waals surface area contributed by atoms with Crippen LogP contribution in [0.5, 0.6) is 5.75 Å². The molecule has 3 nitrogen and oxygen atoms in total. The van der Waals surface area contributed by atoms with Crippen LogP contribution in [0, 0.1) is 19.3 Å². The molecule has 0 heterocycles. The Morgan fingerprint density at radius 2 is 2.05 bits per heavy atom. The average Bonchev–Trinajstić information content (AvgIpc) is 2.31. The minimum atomic E-state index is -0.817. The Bertz CT molecular complexity index is 455. The third-order valence-corrected chi connectivity index (χ3v) is 3.48. The van der Waals surface area contributed by atoms with Gasteiger partial charge < -0.3 is 9.84 Å². The number of hydrogen-bond donors (Lipinski definition) is 1. The van der Waals surface area contributed by atoms with Crippen LogP contribution in [-0.2, 0) is 4.79 Å². The van der Waals surface area contributed by atoms with Crippen molar-refractivity contribution >= 4 is 17.6 Å². The summed E-state index contributed by atoms with van der Waals surface area (Å²) in [4.78, 5) is 11.0. The minimum absolute atomic E-state index is 0.474. The Hall–Kier alpha value is -1.22. The van der Waals surface area contributed by atoms with Gasteiger partial charge in [0.2, 0.25) is 0 Å². The molecule has 4 heteroatoms.